The van der Waals surface area contributed by atoms with Gasteiger partial charge in [0.25, 0.3) is 0 Å². The molecule has 1 saturated carbocycles. The minimum atomic E-state index is 0.221. The van der Waals surface area contributed by atoms with Crippen LogP contribution < -0.4 is 4.90 Å². The fraction of sp³-hybridized carbons (Fsp3) is 0.600. The Hall–Kier alpha value is -0.540. The molecule has 1 aliphatic carbocycles. The van der Waals surface area contributed by atoms with Gasteiger partial charge in [0, 0.05) is 19.0 Å². The third kappa shape index (κ3) is 1.86. The molecule has 0 amide bonds. The first kappa shape index (κ1) is 9.03. The Labute approximate surface area is 82.8 Å². The lowest BCUT2D eigenvalue weighted by atomic mass is 10.1. The van der Waals surface area contributed by atoms with Crippen molar-refractivity contribution in [3.05, 3.63) is 17.5 Å². The molecule has 1 aliphatic rings. The van der Waals surface area contributed by atoms with Crippen LogP contribution >= 0.6 is 11.3 Å². The fourth-order valence-electron chi connectivity index (χ4n) is 1.61. The maximum Gasteiger partial charge on any atom is 0.0906 e. The number of aliphatic hydroxyl groups is 1. The van der Waals surface area contributed by atoms with Gasteiger partial charge in [0.15, 0.2) is 0 Å². The van der Waals surface area contributed by atoms with Gasteiger partial charge in [-0.05, 0) is 30.4 Å². The third-order valence-corrected chi connectivity index (χ3v) is 3.73. The molecule has 0 unspecified atom stereocenters. The SMILES string of the molecule is CN(CC1(CO)CC1)c1cccs1. The zero-order valence-corrected chi connectivity index (χ0v) is 8.68. The molecule has 1 aromatic heterocycles. The predicted octanol–water partition coefficient (Wildman–Crippen LogP) is 1.96. The summed E-state index contributed by atoms with van der Waals surface area (Å²) in [4.78, 5) is 2.24. The zero-order valence-electron chi connectivity index (χ0n) is 7.86. The van der Waals surface area contributed by atoms with Gasteiger partial charge in [-0.2, -0.15) is 0 Å². The lowest BCUT2D eigenvalue weighted by Gasteiger charge is -2.22. The Morgan fingerprint density at radius 1 is 1.62 bits per heavy atom. The van der Waals surface area contributed by atoms with Crippen LogP contribution in [0.3, 0.4) is 0 Å². The van der Waals surface area contributed by atoms with Gasteiger partial charge in [0.1, 0.15) is 0 Å². The van der Waals surface area contributed by atoms with Gasteiger partial charge in [-0.1, -0.05) is 0 Å². The molecule has 0 bridgehead atoms. The summed E-state index contributed by atoms with van der Waals surface area (Å²) in [5.74, 6) is 0. The molecular formula is C10H15NOS. The molecule has 1 fully saturated rings. The first-order chi connectivity index (χ1) is 6.26. The van der Waals surface area contributed by atoms with Gasteiger partial charge in [0.2, 0.25) is 0 Å². The van der Waals surface area contributed by atoms with E-state index < -0.39 is 0 Å². The third-order valence-electron chi connectivity index (χ3n) is 2.75. The van der Waals surface area contributed by atoms with Crippen molar-refractivity contribution in [3.8, 4) is 0 Å². The summed E-state index contributed by atoms with van der Waals surface area (Å²) in [7, 11) is 2.10. The number of aliphatic hydroxyl groups excluding tert-OH is 1. The maximum absolute atomic E-state index is 9.18. The van der Waals surface area contributed by atoms with Gasteiger partial charge in [-0.15, -0.1) is 11.3 Å². The van der Waals surface area contributed by atoms with E-state index in [9.17, 15) is 5.11 Å². The Bertz CT molecular complexity index is 266. The van der Waals surface area contributed by atoms with Crippen LogP contribution in [0.5, 0.6) is 0 Å². The van der Waals surface area contributed by atoms with Gasteiger partial charge in [0.05, 0.1) is 11.6 Å². The van der Waals surface area contributed by atoms with E-state index in [1.807, 2.05) is 0 Å². The molecule has 0 aromatic carbocycles. The van der Waals surface area contributed by atoms with E-state index in [0.29, 0.717) is 6.61 Å². The Morgan fingerprint density at radius 3 is 2.85 bits per heavy atom. The summed E-state index contributed by atoms with van der Waals surface area (Å²) in [6.07, 6.45) is 2.36. The van der Waals surface area contributed by atoms with E-state index in [1.165, 1.54) is 17.8 Å². The number of hydrogen-bond acceptors (Lipinski definition) is 3. The molecule has 0 aliphatic heterocycles. The van der Waals surface area contributed by atoms with Crippen molar-refractivity contribution in [3.63, 3.8) is 0 Å². The normalized spacial score (nSPS) is 18.6. The van der Waals surface area contributed by atoms with Gasteiger partial charge in [-0.25, -0.2) is 0 Å². The molecule has 0 saturated heterocycles. The van der Waals surface area contributed by atoms with E-state index in [4.69, 9.17) is 0 Å². The highest BCUT2D eigenvalue weighted by atomic mass is 32.1. The van der Waals surface area contributed by atoms with Crippen LogP contribution in [-0.2, 0) is 0 Å². The monoisotopic (exact) mass is 197 g/mol. The Morgan fingerprint density at radius 2 is 2.38 bits per heavy atom. The molecule has 0 spiro atoms. The molecular weight excluding hydrogens is 182 g/mol. The molecule has 2 nitrogen and oxygen atoms in total. The van der Waals surface area contributed by atoms with Crippen LogP contribution in [0.25, 0.3) is 0 Å². The largest absolute Gasteiger partial charge is 0.396 e. The summed E-state index contributed by atoms with van der Waals surface area (Å²) < 4.78 is 0. The molecule has 3 heteroatoms. The molecule has 1 N–H and O–H groups in total. The maximum atomic E-state index is 9.18. The lowest BCUT2D eigenvalue weighted by molar-refractivity contribution is 0.215. The van der Waals surface area contributed by atoms with Crippen molar-refractivity contribution >= 4 is 16.3 Å². The predicted molar refractivity (Wildman–Crippen MR) is 56.3 cm³/mol. The quantitative estimate of drug-likeness (QED) is 0.797. The number of rotatable bonds is 4. The van der Waals surface area contributed by atoms with Crippen molar-refractivity contribution in [2.45, 2.75) is 12.8 Å². The van der Waals surface area contributed by atoms with Gasteiger partial charge < -0.3 is 10.0 Å². The number of anilines is 1. The Kier molecular flexibility index (Phi) is 2.30. The van der Waals surface area contributed by atoms with Crippen LogP contribution in [0.1, 0.15) is 12.8 Å². The highest BCUT2D eigenvalue weighted by molar-refractivity contribution is 7.14. The average molecular weight is 197 g/mol. The Balaban J connectivity index is 1.96. The summed E-state index contributed by atoms with van der Waals surface area (Å²) in [5.41, 5.74) is 0.221. The summed E-state index contributed by atoms with van der Waals surface area (Å²) in [5, 5.41) is 12.6. The van der Waals surface area contributed by atoms with E-state index >= 15 is 0 Å². The number of nitrogens with zero attached hydrogens (tertiary/aromatic N) is 1. The van der Waals surface area contributed by atoms with E-state index in [1.54, 1.807) is 11.3 Å². The minimum absolute atomic E-state index is 0.221. The number of thiophene rings is 1. The van der Waals surface area contributed by atoms with Crippen LogP contribution in [0.2, 0.25) is 0 Å². The summed E-state index contributed by atoms with van der Waals surface area (Å²) in [6.45, 7) is 1.33. The second-order valence-corrected chi connectivity index (χ2v) is 4.89. The fourth-order valence-corrected chi connectivity index (χ4v) is 2.31. The number of hydrogen-bond donors (Lipinski definition) is 1. The van der Waals surface area contributed by atoms with Crippen LogP contribution in [0.15, 0.2) is 17.5 Å². The van der Waals surface area contributed by atoms with Crippen LogP contribution in [0.4, 0.5) is 5.00 Å². The molecule has 13 heavy (non-hydrogen) atoms. The van der Waals surface area contributed by atoms with Crippen LogP contribution in [-0.4, -0.2) is 25.3 Å². The van der Waals surface area contributed by atoms with Crippen molar-refractivity contribution in [1.82, 2.24) is 0 Å². The first-order valence-electron chi connectivity index (χ1n) is 4.61. The van der Waals surface area contributed by atoms with E-state index in [0.717, 1.165) is 6.54 Å². The highest BCUT2D eigenvalue weighted by Crippen LogP contribution is 2.46. The lowest BCUT2D eigenvalue weighted by Crippen LogP contribution is -2.27. The van der Waals surface area contributed by atoms with E-state index in [2.05, 4.69) is 29.5 Å². The molecule has 2 rings (SSSR count). The van der Waals surface area contributed by atoms with Crippen molar-refractivity contribution in [1.29, 1.82) is 0 Å². The minimum Gasteiger partial charge on any atom is -0.396 e. The van der Waals surface area contributed by atoms with E-state index in [-0.39, 0.29) is 5.41 Å². The first-order valence-corrected chi connectivity index (χ1v) is 5.49. The van der Waals surface area contributed by atoms with Crippen molar-refractivity contribution < 1.29 is 5.11 Å². The zero-order chi connectivity index (χ0) is 9.31. The standard InChI is InChI=1S/C10H15NOS/c1-11(9-3-2-6-13-9)7-10(8-12)4-5-10/h2-3,6,12H,4-5,7-8H2,1H3. The molecule has 1 heterocycles. The van der Waals surface area contributed by atoms with Gasteiger partial charge in [-0.3, -0.25) is 0 Å². The smallest absolute Gasteiger partial charge is 0.0906 e. The molecule has 0 atom stereocenters. The molecule has 72 valence electrons. The van der Waals surface area contributed by atoms with Crippen molar-refractivity contribution in [2.75, 3.05) is 25.1 Å². The van der Waals surface area contributed by atoms with Gasteiger partial charge >= 0.3 is 0 Å². The van der Waals surface area contributed by atoms with Crippen molar-refractivity contribution in [2.24, 2.45) is 5.41 Å². The topological polar surface area (TPSA) is 23.5 Å². The summed E-state index contributed by atoms with van der Waals surface area (Å²) in [6, 6.07) is 4.19. The molecule has 1 aromatic rings. The van der Waals surface area contributed by atoms with Crippen LogP contribution in [0, 0.1) is 5.41 Å². The highest BCUT2D eigenvalue weighted by Gasteiger charge is 2.42. The summed E-state index contributed by atoms with van der Waals surface area (Å²) >= 11 is 1.75. The second kappa shape index (κ2) is 3.31. The second-order valence-electron chi connectivity index (χ2n) is 3.97. The molecule has 0 radical (unpaired) electrons. The average Bonchev–Trinajstić information content (AvgIpc) is 2.69.